The van der Waals surface area contributed by atoms with Gasteiger partial charge in [0.05, 0.1) is 27.8 Å². The van der Waals surface area contributed by atoms with E-state index < -0.39 is 0 Å². The first-order valence-electron chi connectivity index (χ1n) is 19.6. The van der Waals surface area contributed by atoms with Gasteiger partial charge in [-0.1, -0.05) is 121 Å². The van der Waals surface area contributed by atoms with Crippen LogP contribution in [0.3, 0.4) is 0 Å². The summed E-state index contributed by atoms with van der Waals surface area (Å²) < 4.78 is 13.9. The third-order valence-electron chi connectivity index (χ3n) is 12.3. The van der Waals surface area contributed by atoms with Crippen molar-refractivity contribution < 1.29 is 4.42 Å². The second-order valence-electron chi connectivity index (χ2n) is 15.3. The quantitative estimate of drug-likeness (QED) is 0.176. The van der Waals surface area contributed by atoms with Crippen LogP contribution >= 0.6 is 11.3 Å². The molecule has 58 heavy (non-hydrogen) atoms. The fourth-order valence-electron chi connectivity index (χ4n) is 9.81. The van der Waals surface area contributed by atoms with Gasteiger partial charge in [0.2, 0.25) is 5.95 Å². The van der Waals surface area contributed by atoms with E-state index in [2.05, 4.69) is 167 Å². The zero-order valence-corrected chi connectivity index (χ0v) is 31.6. The second-order valence-corrected chi connectivity index (χ2v) is 16.4. The van der Waals surface area contributed by atoms with Crippen LogP contribution in [-0.4, -0.2) is 19.1 Å². The molecule has 0 fully saturated rings. The van der Waals surface area contributed by atoms with Gasteiger partial charge >= 0.3 is 0 Å². The van der Waals surface area contributed by atoms with Crippen molar-refractivity contribution in [2.24, 2.45) is 0 Å². The van der Waals surface area contributed by atoms with E-state index in [9.17, 15) is 0 Å². The Kier molecular flexibility index (Phi) is 5.85. The summed E-state index contributed by atoms with van der Waals surface area (Å²) in [5, 5.41) is 8.19. The Morgan fingerprint density at radius 3 is 1.98 bits per heavy atom. The molecular weight excluding hydrogens is 729 g/mol. The van der Waals surface area contributed by atoms with Crippen LogP contribution in [0, 0.1) is 0 Å². The van der Waals surface area contributed by atoms with E-state index in [1.54, 1.807) is 0 Å². The minimum absolute atomic E-state index is 0.612. The summed E-state index contributed by atoms with van der Waals surface area (Å²) in [6.07, 6.45) is 0. The van der Waals surface area contributed by atoms with Crippen LogP contribution in [0.1, 0.15) is 0 Å². The summed E-state index contributed by atoms with van der Waals surface area (Å²) in [4.78, 5) is 10.9. The van der Waals surface area contributed by atoms with E-state index in [-0.39, 0.29) is 0 Å². The lowest BCUT2D eigenvalue weighted by Crippen LogP contribution is -2.03. The number of thiophene rings is 1. The van der Waals surface area contributed by atoms with Gasteiger partial charge in [-0.3, -0.25) is 4.57 Å². The molecule has 0 spiro atoms. The van der Waals surface area contributed by atoms with E-state index in [1.807, 2.05) is 23.5 Å². The Labute approximate surface area is 334 Å². The number of hydrogen-bond acceptors (Lipinski definition) is 4. The number of hydrogen-bond donors (Lipinski definition) is 0. The van der Waals surface area contributed by atoms with E-state index in [4.69, 9.17) is 14.4 Å². The molecule has 14 rings (SSSR count). The topological polar surface area (TPSA) is 48.8 Å². The lowest BCUT2D eigenvalue weighted by molar-refractivity contribution is 0.666. The minimum Gasteiger partial charge on any atom is -0.452 e. The van der Waals surface area contributed by atoms with Crippen molar-refractivity contribution in [3.8, 4) is 45.1 Å². The van der Waals surface area contributed by atoms with Crippen molar-refractivity contribution in [3.05, 3.63) is 170 Å². The maximum Gasteiger partial charge on any atom is 0.236 e. The maximum absolute atomic E-state index is 6.62. The Balaban J connectivity index is 1.10. The highest BCUT2D eigenvalue weighted by Crippen LogP contribution is 2.48. The highest BCUT2D eigenvalue weighted by atomic mass is 32.1. The van der Waals surface area contributed by atoms with Gasteiger partial charge in [-0.2, -0.15) is 0 Å². The van der Waals surface area contributed by atoms with E-state index in [0.717, 1.165) is 49.5 Å². The number of nitrogens with zero attached hydrogens (tertiary/aromatic N) is 4. The van der Waals surface area contributed by atoms with Crippen LogP contribution in [0.15, 0.2) is 174 Å². The van der Waals surface area contributed by atoms with Crippen LogP contribution < -0.4 is 0 Å². The molecule has 0 atom stereocenters. The number of furan rings is 1. The summed E-state index contributed by atoms with van der Waals surface area (Å²) in [7, 11) is 0. The molecule has 13 aromatic rings. The van der Waals surface area contributed by atoms with Gasteiger partial charge in [0.25, 0.3) is 0 Å². The van der Waals surface area contributed by atoms with Gasteiger partial charge in [0, 0.05) is 63.8 Å². The van der Waals surface area contributed by atoms with E-state index in [0.29, 0.717) is 11.5 Å². The number of para-hydroxylation sites is 4. The lowest BCUT2D eigenvalue weighted by atomic mass is 9.94. The van der Waals surface area contributed by atoms with E-state index >= 15 is 0 Å². The van der Waals surface area contributed by atoms with Gasteiger partial charge in [-0.25, -0.2) is 9.97 Å². The number of rotatable bonds is 2. The Hall–Kier alpha value is -7.54. The fraction of sp³-hybridized carbons (Fsp3) is 0. The standard InChI is InChI=1S/C52H28N4OS/c1-2-13-31-30(12-1)32-14-3-7-20-41(32)55-43-27-39-33-15-4-8-21-42(33)56(44(39)28-40(43)37-19-11-18-36(31)50(37)55)52-53-48(51-49(54-52)38-17-5-9-22-45(38)57-51)29-24-25-35-34-16-6-10-23-46(34)58-47(35)26-29/h1-28H. The Morgan fingerprint density at radius 2 is 1.09 bits per heavy atom. The van der Waals surface area contributed by atoms with Gasteiger partial charge < -0.3 is 8.98 Å². The van der Waals surface area contributed by atoms with Crippen LogP contribution in [0.2, 0.25) is 0 Å². The molecule has 0 radical (unpaired) electrons. The van der Waals surface area contributed by atoms with Crippen molar-refractivity contribution in [3.63, 3.8) is 0 Å². The van der Waals surface area contributed by atoms with Crippen molar-refractivity contribution >= 4 is 97.2 Å². The Bertz CT molecular complexity index is 3940. The van der Waals surface area contributed by atoms with Crippen molar-refractivity contribution in [1.29, 1.82) is 0 Å². The molecule has 0 aliphatic carbocycles. The van der Waals surface area contributed by atoms with Gasteiger partial charge in [-0.05, 0) is 59.7 Å². The average Bonchev–Trinajstić information content (AvgIpc) is 4.00. The van der Waals surface area contributed by atoms with Crippen LogP contribution in [-0.2, 0) is 0 Å². The number of aromatic nitrogens is 4. The lowest BCUT2D eigenvalue weighted by Gasteiger charge is -2.12. The molecule has 6 heteroatoms. The first kappa shape index (κ1) is 30.7. The predicted octanol–water partition coefficient (Wildman–Crippen LogP) is 14.3. The van der Waals surface area contributed by atoms with Crippen molar-refractivity contribution in [1.82, 2.24) is 19.1 Å². The zero-order chi connectivity index (χ0) is 37.6. The van der Waals surface area contributed by atoms with E-state index in [1.165, 1.54) is 69.9 Å². The highest BCUT2D eigenvalue weighted by Gasteiger charge is 2.27. The monoisotopic (exact) mass is 756 g/mol. The van der Waals surface area contributed by atoms with Crippen LogP contribution in [0.4, 0.5) is 0 Å². The maximum atomic E-state index is 6.62. The SMILES string of the molecule is c1ccc2c(c1)-c1ccccc1-n1c3cc4c5ccccc5n(-c5nc(-c6ccc7c(c6)sc6ccccc67)c6oc7ccccc7c6n5)c4cc3c3cccc-2c31. The largest absolute Gasteiger partial charge is 0.452 e. The molecule has 1 aliphatic rings. The highest BCUT2D eigenvalue weighted by molar-refractivity contribution is 7.25. The smallest absolute Gasteiger partial charge is 0.236 e. The molecule has 0 unspecified atom stereocenters. The molecule has 8 aromatic carbocycles. The van der Waals surface area contributed by atoms with Gasteiger partial charge in [-0.15, -0.1) is 11.3 Å². The summed E-state index contributed by atoms with van der Waals surface area (Å²) in [6, 6.07) is 61.2. The molecular formula is C52H28N4OS. The number of benzene rings is 8. The molecule has 5 aromatic heterocycles. The first-order chi connectivity index (χ1) is 28.8. The third-order valence-corrected chi connectivity index (χ3v) is 13.4. The molecule has 5 nitrogen and oxygen atoms in total. The normalized spacial score (nSPS) is 12.5. The van der Waals surface area contributed by atoms with Crippen LogP contribution in [0.25, 0.3) is 131 Å². The second kappa shape index (κ2) is 11.1. The Morgan fingerprint density at radius 1 is 0.431 bits per heavy atom. The molecule has 268 valence electrons. The summed E-state index contributed by atoms with van der Waals surface area (Å²) in [6.45, 7) is 0. The summed E-state index contributed by atoms with van der Waals surface area (Å²) >= 11 is 1.81. The molecule has 6 heterocycles. The summed E-state index contributed by atoms with van der Waals surface area (Å²) in [5.74, 6) is 0.612. The number of fused-ring (bicyclic) bond motifs is 17. The zero-order valence-electron chi connectivity index (χ0n) is 30.8. The molecule has 0 N–H and O–H groups in total. The first-order valence-corrected chi connectivity index (χ1v) is 20.4. The molecule has 1 aliphatic heterocycles. The molecule has 0 bridgehead atoms. The van der Waals surface area contributed by atoms with Crippen molar-refractivity contribution in [2.75, 3.05) is 0 Å². The third kappa shape index (κ3) is 3.94. The summed E-state index contributed by atoms with van der Waals surface area (Å²) in [5.41, 5.74) is 14.7. The average molecular weight is 757 g/mol. The van der Waals surface area contributed by atoms with Gasteiger partial charge in [0.15, 0.2) is 5.58 Å². The predicted molar refractivity (Wildman–Crippen MR) is 241 cm³/mol. The van der Waals surface area contributed by atoms with Gasteiger partial charge in [0.1, 0.15) is 16.8 Å². The molecule has 0 amide bonds. The minimum atomic E-state index is 0.612. The van der Waals surface area contributed by atoms with Crippen LogP contribution in [0.5, 0.6) is 0 Å². The van der Waals surface area contributed by atoms with Crippen molar-refractivity contribution in [2.45, 2.75) is 0 Å². The molecule has 0 saturated carbocycles. The molecule has 0 saturated heterocycles. The fourth-order valence-corrected chi connectivity index (χ4v) is 11.0.